The normalized spacial score (nSPS) is 12.1. The third kappa shape index (κ3) is 4.87. The summed E-state index contributed by atoms with van der Waals surface area (Å²) in [6, 6.07) is 17.2. The lowest BCUT2D eigenvalue weighted by Crippen LogP contribution is -2.28. The monoisotopic (exact) mass is 347 g/mol. The van der Waals surface area contributed by atoms with Crippen LogP contribution in [0.15, 0.2) is 53.0 Å². The zero-order valence-electron chi connectivity index (χ0n) is 12.6. The number of hydrogen-bond acceptors (Lipinski definition) is 2. The Hall–Kier alpha value is -1.32. The third-order valence-electron chi connectivity index (χ3n) is 3.77. The van der Waals surface area contributed by atoms with Crippen LogP contribution in [0.3, 0.4) is 0 Å². The van der Waals surface area contributed by atoms with Crippen molar-refractivity contribution >= 4 is 15.9 Å². The molecule has 2 aromatic rings. The molecule has 0 spiro atoms. The van der Waals surface area contributed by atoms with E-state index >= 15 is 0 Å². The molecule has 1 unspecified atom stereocenters. The molecule has 2 nitrogen and oxygen atoms in total. The molecule has 1 N–H and O–H groups in total. The van der Waals surface area contributed by atoms with Crippen LogP contribution in [0.5, 0.6) is 5.75 Å². The van der Waals surface area contributed by atoms with E-state index in [4.69, 9.17) is 4.74 Å². The molecule has 0 aliphatic heterocycles. The van der Waals surface area contributed by atoms with Crippen molar-refractivity contribution in [2.75, 3.05) is 14.2 Å². The van der Waals surface area contributed by atoms with E-state index in [1.165, 1.54) is 15.6 Å². The van der Waals surface area contributed by atoms with Crippen LogP contribution in [-0.4, -0.2) is 20.2 Å². The van der Waals surface area contributed by atoms with Gasteiger partial charge in [0.15, 0.2) is 0 Å². The first-order valence-electron chi connectivity index (χ1n) is 7.26. The molecule has 0 fully saturated rings. The molecule has 112 valence electrons. The summed E-state index contributed by atoms with van der Waals surface area (Å²) in [6.07, 6.45) is 3.22. The molecule has 0 saturated heterocycles. The van der Waals surface area contributed by atoms with Crippen molar-refractivity contribution in [2.45, 2.75) is 25.3 Å². The van der Waals surface area contributed by atoms with E-state index in [2.05, 4.69) is 57.6 Å². The standard InChI is InChI=1S/C18H22BrNO/c1-20-16(13-15-5-3-4-6-18(15)19)10-7-14-8-11-17(21-2)12-9-14/h3-6,8-9,11-12,16,20H,7,10,13H2,1-2H3. The van der Waals surface area contributed by atoms with Gasteiger partial charge in [-0.25, -0.2) is 0 Å². The van der Waals surface area contributed by atoms with E-state index in [0.717, 1.165) is 25.0 Å². The summed E-state index contributed by atoms with van der Waals surface area (Å²) >= 11 is 3.62. The molecule has 3 heteroatoms. The number of benzene rings is 2. The second-order valence-corrected chi connectivity index (χ2v) is 6.02. The van der Waals surface area contributed by atoms with Crippen molar-refractivity contribution < 1.29 is 4.74 Å². The number of nitrogens with one attached hydrogen (secondary N) is 1. The van der Waals surface area contributed by atoms with E-state index in [9.17, 15) is 0 Å². The zero-order valence-corrected chi connectivity index (χ0v) is 14.2. The van der Waals surface area contributed by atoms with Gasteiger partial charge >= 0.3 is 0 Å². The average molecular weight is 348 g/mol. The van der Waals surface area contributed by atoms with E-state index in [0.29, 0.717) is 6.04 Å². The highest BCUT2D eigenvalue weighted by atomic mass is 79.9. The van der Waals surface area contributed by atoms with Crippen LogP contribution in [0.25, 0.3) is 0 Å². The second-order valence-electron chi connectivity index (χ2n) is 5.17. The molecule has 0 aromatic heterocycles. The van der Waals surface area contributed by atoms with Gasteiger partial charge in [0.25, 0.3) is 0 Å². The van der Waals surface area contributed by atoms with Crippen LogP contribution in [0.4, 0.5) is 0 Å². The zero-order chi connectivity index (χ0) is 15.1. The molecule has 0 saturated carbocycles. The van der Waals surface area contributed by atoms with Gasteiger partial charge < -0.3 is 10.1 Å². The molecule has 0 aliphatic rings. The maximum atomic E-state index is 5.19. The smallest absolute Gasteiger partial charge is 0.118 e. The average Bonchev–Trinajstić information content (AvgIpc) is 2.53. The van der Waals surface area contributed by atoms with Crippen molar-refractivity contribution in [3.8, 4) is 5.75 Å². The number of halogens is 1. The Morgan fingerprint density at radius 1 is 1.10 bits per heavy atom. The Balaban J connectivity index is 1.91. The van der Waals surface area contributed by atoms with Gasteiger partial charge in [-0.05, 0) is 55.6 Å². The summed E-state index contributed by atoms with van der Waals surface area (Å²) in [5.74, 6) is 0.914. The summed E-state index contributed by atoms with van der Waals surface area (Å²) in [4.78, 5) is 0. The lowest BCUT2D eigenvalue weighted by atomic mass is 9.99. The van der Waals surface area contributed by atoms with Crippen molar-refractivity contribution in [3.63, 3.8) is 0 Å². The molecule has 1 atom stereocenters. The molecule has 0 radical (unpaired) electrons. The number of methoxy groups -OCH3 is 1. The summed E-state index contributed by atoms with van der Waals surface area (Å²) in [5, 5.41) is 3.43. The Bertz CT molecular complexity index is 553. The predicted octanol–water partition coefficient (Wildman–Crippen LogP) is 4.22. The first-order valence-corrected chi connectivity index (χ1v) is 8.06. The fraction of sp³-hybridized carbons (Fsp3) is 0.333. The first kappa shape index (κ1) is 16.1. The highest BCUT2D eigenvalue weighted by molar-refractivity contribution is 9.10. The Kier molecular flexibility index (Phi) is 6.27. The largest absolute Gasteiger partial charge is 0.497 e. The SMILES string of the molecule is CNC(CCc1ccc(OC)cc1)Cc1ccccc1Br. The van der Waals surface area contributed by atoms with Gasteiger partial charge in [-0.2, -0.15) is 0 Å². The number of aryl methyl sites for hydroxylation is 1. The van der Waals surface area contributed by atoms with Crippen molar-refractivity contribution in [3.05, 3.63) is 64.1 Å². The number of likely N-dealkylation sites (N-methyl/N-ethyl adjacent to an activating group) is 1. The maximum Gasteiger partial charge on any atom is 0.118 e. The van der Waals surface area contributed by atoms with Gasteiger partial charge in [0, 0.05) is 10.5 Å². The van der Waals surface area contributed by atoms with Gasteiger partial charge in [-0.15, -0.1) is 0 Å². The minimum Gasteiger partial charge on any atom is -0.497 e. The quantitative estimate of drug-likeness (QED) is 0.809. The minimum atomic E-state index is 0.478. The molecule has 0 aliphatic carbocycles. The Morgan fingerprint density at radius 3 is 2.43 bits per heavy atom. The molecule has 2 aromatic carbocycles. The number of ether oxygens (including phenoxy) is 1. The molecule has 2 rings (SSSR count). The van der Waals surface area contributed by atoms with Gasteiger partial charge in [-0.1, -0.05) is 46.3 Å². The minimum absolute atomic E-state index is 0.478. The highest BCUT2D eigenvalue weighted by Crippen LogP contribution is 2.19. The van der Waals surface area contributed by atoms with Crippen molar-refractivity contribution in [1.29, 1.82) is 0 Å². The lowest BCUT2D eigenvalue weighted by Gasteiger charge is -2.17. The third-order valence-corrected chi connectivity index (χ3v) is 4.55. The summed E-state index contributed by atoms with van der Waals surface area (Å²) in [7, 11) is 3.74. The highest BCUT2D eigenvalue weighted by Gasteiger charge is 2.09. The van der Waals surface area contributed by atoms with Gasteiger partial charge in [-0.3, -0.25) is 0 Å². The fourth-order valence-corrected chi connectivity index (χ4v) is 2.86. The molecule has 0 heterocycles. The fourth-order valence-electron chi connectivity index (χ4n) is 2.41. The Labute approximate surface area is 135 Å². The van der Waals surface area contributed by atoms with E-state index < -0.39 is 0 Å². The van der Waals surface area contributed by atoms with Crippen molar-refractivity contribution in [1.82, 2.24) is 5.32 Å². The van der Waals surface area contributed by atoms with Gasteiger partial charge in [0.2, 0.25) is 0 Å². The van der Waals surface area contributed by atoms with E-state index in [1.54, 1.807) is 7.11 Å². The number of rotatable bonds is 7. The Morgan fingerprint density at radius 2 is 1.81 bits per heavy atom. The predicted molar refractivity (Wildman–Crippen MR) is 92.0 cm³/mol. The topological polar surface area (TPSA) is 21.3 Å². The summed E-state index contributed by atoms with van der Waals surface area (Å²) < 4.78 is 6.38. The summed E-state index contributed by atoms with van der Waals surface area (Å²) in [6.45, 7) is 0. The van der Waals surface area contributed by atoms with Crippen LogP contribution in [-0.2, 0) is 12.8 Å². The second kappa shape index (κ2) is 8.20. The van der Waals surface area contributed by atoms with Gasteiger partial charge in [0.1, 0.15) is 5.75 Å². The van der Waals surface area contributed by atoms with Crippen LogP contribution in [0.1, 0.15) is 17.5 Å². The van der Waals surface area contributed by atoms with Crippen LogP contribution in [0, 0.1) is 0 Å². The van der Waals surface area contributed by atoms with Crippen LogP contribution >= 0.6 is 15.9 Å². The molecular formula is C18H22BrNO. The molecule has 0 bridgehead atoms. The van der Waals surface area contributed by atoms with Crippen LogP contribution < -0.4 is 10.1 Å². The van der Waals surface area contributed by atoms with Crippen molar-refractivity contribution in [2.24, 2.45) is 0 Å². The maximum absolute atomic E-state index is 5.19. The van der Waals surface area contributed by atoms with E-state index in [1.807, 2.05) is 19.2 Å². The lowest BCUT2D eigenvalue weighted by molar-refractivity contribution is 0.414. The molecule has 0 amide bonds. The molecular weight excluding hydrogens is 326 g/mol. The molecule has 21 heavy (non-hydrogen) atoms. The number of hydrogen-bond donors (Lipinski definition) is 1. The first-order chi connectivity index (χ1) is 10.2. The summed E-state index contributed by atoms with van der Waals surface area (Å²) in [5.41, 5.74) is 2.70. The van der Waals surface area contributed by atoms with E-state index in [-0.39, 0.29) is 0 Å². The van der Waals surface area contributed by atoms with Gasteiger partial charge in [0.05, 0.1) is 7.11 Å². The van der Waals surface area contributed by atoms with Crippen LogP contribution in [0.2, 0.25) is 0 Å².